The number of sulfone groups is 3. The topological polar surface area (TPSA) is 102 Å². The van der Waals surface area contributed by atoms with Gasteiger partial charge in [0.05, 0.1) is 0 Å². The van der Waals surface area contributed by atoms with Crippen molar-refractivity contribution in [2.45, 2.75) is 18.2 Å². The Hall–Kier alpha value is -0.0397. The fourth-order valence-electron chi connectivity index (χ4n) is 0.821. The molecule has 0 unspecified atom stereocenters. The van der Waals surface area contributed by atoms with Crippen LogP contribution in [0, 0.1) is 0 Å². The van der Waals surface area contributed by atoms with Crippen molar-refractivity contribution in [1.82, 2.24) is 0 Å². The molecule has 0 bridgehead atoms. The normalized spacial score (nSPS) is 16.5. The molecule has 0 N–H and O–H groups in total. The van der Waals surface area contributed by atoms with Gasteiger partial charge in [0, 0.05) is 0 Å². The molecule has 0 aromatic rings. The van der Waals surface area contributed by atoms with Crippen molar-refractivity contribution in [1.29, 1.82) is 0 Å². The number of halogens is 9. The Morgan fingerprint density at radius 2 is 0.609 bits per heavy atom. The number of hydrogen-bond donors (Lipinski definition) is 0. The van der Waals surface area contributed by atoms with Crippen molar-refractivity contribution < 1.29 is 85.8 Å². The molecule has 23 heavy (non-hydrogen) atoms. The molecule has 0 aliphatic rings. The van der Waals surface area contributed by atoms with E-state index >= 15 is 0 Å². The van der Waals surface area contributed by atoms with Crippen molar-refractivity contribution >= 4 is 29.5 Å². The van der Waals surface area contributed by atoms with Crippen molar-refractivity contribution in [3.63, 3.8) is 0 Å². The quantitative estimate of drug-likeness (QED) is 0.407. The summed E-state index contributed by atoms with van der Waals surface area (Å²) in [7, 11) is -24.4. The summed E-state index contributed by atoms with van der Waals surface area (Å²) < 4.78 is 170. The predicted octanol–water partition coefficient (Wildman–Crippen LogP) is 0.948. The van der Waals surface area contributed by atoms with E-state index in [0.717, 1.165) is 0 Å². The summed E-state index contributed by atoms with van der Waals surface area (Å²) in [6.07, 6.45) is 0. The second kappa shape index (κ2) is 5.48. The van der Waals surface area contributed by atoms with Gasteiger partial charge in [0.15, 0.2) is 0 Å². The zero-order valence-corrected chi connectivity index (χ0v) is 13.3. The Kier molecular flexibility index (Phi) is 5.47. The van der Waals surface area contributed by atoms with Gasteiger partial charge in [-0.25, -0.2) is 0 Å². The molecule has 0 heterocycles. The maximum absolute atomic E-state index is 12.3. The monoisotopic (exact) mass is 518 g/mol. The molecule has 0 spiro atoms. The first-order valence-corrected chi connectivity index (χ1v) is 9.27. The summed E-state index contributed by atoms with van der Waals surface area (Å²) in [6, 6.07) is 0. The van der Waals surface area contributed by atoms with Gasteiger partial charge in [-0.15, -0.1) is 0 Å². The Bertz CT molecular complexity index is 674. The summed E-state index contributed by atoms with van der Waals surface area (Å²) in [6.45, 7) is 0. The Labute approximate surface area is 133 Å². The van der Waals surface area contributed by atoms with Gasteiger partial charge in [-0.05, 0) is 0 Å². The molecule has 0 fully saturated rings. The molecule has 0 radical (unpaired) electrons. The van der Waals surface area contributed by atoms with Gasteiger partial charge in [0.2, 0.25) is 0 Å². The van der Waals surface area contributed by atoms with E-state index < -0.39 is 47.7 Å². The van der Waals surface area contributed by atoms with Gasteiger partial charge in [-0.3, -0.25) is 0 Å². The third-order valence-corrected chi connectivity index (χ3v) is 13.0. The van der Waals surface area contributed by atoms with Crippen LogP contribution in [0.4, 0.5) is 39.5 Å². The molecular formula is C4AgF9O6S3. The molecule has 0 aromatic heterocycles. The molecule has 0 atom stereocenters. The summed E-state index contributed by atoms with van der Waals surface area (Å²) in [5, 5.41) is 0. The van der Waals surface area contributed by atoms with Crippen molar-refractivity contribution in [3.8, 4) is 0 Å². The van der Waals surface area contributed by atoms with E-state index in [1.54, 1.807) is 0 Å². The minimum atomic E-state index is -8.12. The number of rotatable bonds is 3. The zero-order valence-electron chi connectivity index (χ0n) is 9.38. The fraction of sp³-hybridized carbons (Fsp3) is 1.00. The van der Waals surface area contributed by atoms with Gasteiger partial charge in [0.1, 0.15) is 0 Å². The van der Waals surface area contributed by atoms with E-state index in [4.69, 9.17) is 0 Å². The molecule has 0 aliphatic carbocycles. The van der Waals surface area contributed by atoms with Crippen LogP contribution < -0.4 is 0 Å². The van der Waals surface area contributed by atoms with Gasteiger partial charge < -0.3 is 0 Å². The number of alkyl halides is 9. The molecule has 0 saturated carbocycles. The molecule has 0 saturated heterocycles. The minimum absolute atomic E-state index is 0.559. The SMILES string of the molecule is O=S(=O)(C(F)(F)F)[C]([Ag])(S(=O)(=O)C(F)(F)F)S(=O)(=O)C(F)(F)F. The van der Waals surface area contributed by atoms with Crippen LogP contribution in [0.25, 0.3) is 0 Å². The molecule has 0 aromatic carbocycles. The van der Waals surface area contributed by atoms with E-state index in [9.17, 15) is 64.8 Å². The van der Waals surface area contributed by atoms with Crippen molar-refractivity contribution in [2.75, 3.05) is 0 Å². The molecule has 0 aliphatic heterocycles. The van der Waals surface area contributed by atoms with Crippen LogP contribution in [0.15, 0.2) is 0 Å². The predicted molar refractivity (Wildman–Crippen MR) is 47.7 cm³/mol. The third-order valence-electron chi connectivity index (χ3n) is 1.82. The van der Waals surface area contributed by atoms with Crippen LogP contribution in [0.2, 0.25) is 0 Å². The van der Waals surface area contributed by atoms with Gasteiger partial charge in [0.25, 0.3) is 0 Å². The molecule has 6 nitrogen and oxygen atoms in total. The van der Waals surface area contributed by atoms with Crippen LogP contribution in [0.1, 0.15) is 0 Å². The summed E-state index contributed by atoms with van der Waals surface area (Å²) in [5.41, 5.74) is -21.3. The van der Waals surface area contributed by atoms with Gasteiger partial charge in [-0.1, -0.05) is 0 Å². The second-order valence-corrected chi connectivity index (χ2v) is 12.8. The van der Waals surface area contributed by atoms with E-state index in [0.29, 0.717) is 21.1 Å². The van der Waals surface area contributed by atoms with Crippen molar-refractivity contribution in [3.05, 3.63) is 0 Å². The average molecular weight is 519 g/mol. The maximum atomic E-state index is 12.3. The van der Waals surface area contributed by atoms with Crippen LogP contribution in [0.5, 0.6) is 0 Å². The zero-order chi connectivity index (χ0) is 19.5. The van der Waals surface area contributed by atoms with Gasteiger partial charge in [-0.2, -0.15) is 0 Å². The summed E-state index contributed by atoms with van der Waals surface area (Å²) >= 11 is 0.559. The van der Waals surface area contributed by atoms with Crippen LogP contribution >= 0.6 is 0 Å². The molecule has 0 amide bonds. The summed E-state index contributed by atoms with van der Waals surface area (Å²) in [4.78, 5) is 0. The molecular weight excluding hydrogens is 519 g/mol. The molecule has 144 valence electrons. The Morgan fingerprint density at radius 1 is 0.478 bits per heavy atom. The third kappa shape index (κ3) is 3.00. The van der Waals surface area contributed by atoms with E-state index in [1.807, 2.05) is 0 Å². The Balaban J connectivity index is 7.45. The fourth-order valence-corrected chi connectivity index (χ4v) is 8.31. The Morgan fingerprint density at radius 3 is 0.696 bits per heavy atom. The second-order valence-electron chi connectivity index (χ2n) is 3.28. The van der Waals surface area contributed by atoms with Gasteiger partial charge >= 0.3 is 134 Å². The first-order chi connectivity index (χ1) is 9.50. The number of hydrogen-bond acceptors (Lipinski definition) is 6. The first kappa shape index (κ1) is 23.0. The first-order valence-electron chi connectivity index (χ1n) is 4.08. The van der Waals surface area contributed by atoms with Crippen LogP contribution in [-0.2, 0) is 50.6 Å². The van der Waals surface area contributed by atoms with Crippen molar-refractivity contribution in [2.24, 2.45) is 0 Å². The van der Waals surface area contributed by atoms with Crippen LogP contribution in [0.3, 0.4) is 0 Å². The summed E-state index contributed by atoms with van der Waals surface area (Å²) in [5.74, 6) is 0. The molecule has 0 rings (SSSR count). The average Bonchev–Trinajstić information content (AvgIpc) is 2.22. The van der Waals surface area contributed by atoms with E-state index in [-0.39, 0.29) is 0 Å². The van der Waals surface area contributed by atoms with E-state index in [2.05, 4.69) is 0 Å². The van der Waals surface area contributed by atoms with E-state index in [1.165, 1.54) is 0 Å². The van der Waals surface area contributed by atoms with Crippen LogP contribution in [-0.4, -0.2) is 43.4 Å². The molecule has 19 heteroatoms. The standard InChI is InChI=1S/C4F9O6S3.Ag/c5-2(6,7)20(14,15)1(21(16,17)3(8,9)10)22(18,19)4(11,12)13;.